The number of hydrogen-bond donors (Lipinski definition) is 0. The fourth-order valence-electron chi connectivity index (χ4n) is 3.30. The monoisotopic (exact) mass is 414 g/mol. The van der Waals surface area contributed by atoms with Gasteiger partial charge in [-0.05, 0) is 42.3 Å². The van der Waals surface area contributed by atoms with Gasteiger partial charge in [0, 0.05) is 5.39 Å². The smallest absolute Gasteiger partial charge is 0.359 e. The molecule has 0 bridgehead atoms. The molecule has 3 aromatic carbocycles. The fourth-order valence-corrected chi connectivity index (χ4v) is 3.30. The van der Waals surface area contributed by atoms with Crippen LogP contribution < -0.4 is 10.3 Å². The van der Waals surface area contributed by atoms with Gasteiger partial charge in [-0.3, -0.25) is 4.79 Å². The number of aryl methyl sites for hydroxylation is 1. The van der Waals surface area contributed by atoms with Gasteiger partial charge < -0.3 is 9.47 Å². The predicted octanol–water partition coefficient (Wildman–Crippen LogP) is 4.18. The Kier molecular flexibility index (Phi) is 6.08. The van der Waals surface area contributed by atoms with Crippen molar-refractivity contribution >= 4 is 16.7 Å². The normalized spacial score (nSPS) is 10.7. The third-order valence-corrected chi connectivity index (χ3v) is 4.89. The van der Waals surface area contributed by atoms with Crippen LogP contribution in [0.15, 0.2) is 83.7 Å². The van der Waals surface area contributed by atoms with E-state index in [0.29, 0.717) is 16.5 Å². The van der Waals surface area contributed by atoms with Gasteiger partial charge in [0.15, 0.2) is 5.69 Å². The Morgan fingerprint density at radius 3 is 2.42 bits per heavy atom. The summed E-state index contributed by atoms with van der Waals surface area (Å²) in [5, 5.41) is 5.18. The second kappa shape index (κ2) is 9.26. The number of ether oxygens (including phenoxy) is 2. The average Bonchev–Trinajstić information content (AvgIpc) is 2.83. The van der Waals surface area contributed by atoms with Crippen molar-refractivity contribution < 1.29 is 14.3 Å². The molecule has 0 saturated carbocycles. The fraction of sp³-hybridized carbons (Fsp3) is 0.160. The Bertz CT molecular complexity index is 1270. The SMILES string of the molecule is CCc1cccc(OCCOC(=O)c2nn(-c3ccccc3)c(=O)c3ccccc23)c1. The van der Waals surface area contributed by atoms with Crippen molar-refractivity contribution in [2.75, 3.05) is 13.2 Å². The molecule has 0 aliphatic heterocycles. The third kappa shape index (κ3) is 4.48. The minimum absolute atomic E-state index is 0.0651. The van der Waals surface area contributed by atoms with Gasteiger partial charge in [0.25, 0.3) is 5.56 Å². The number of nitrogens with zero attached hydrogens (tertiary/aromatic N) is 2. The Morgan fingerprint density at radius 2 is 1.65 bits per heavy atom. The summed E-state index contributed by atoms with van der Waals surface area (Å²) in [4.78, 5) is 25.7. The first-order valence-corrected chi connectivity index (χ1v) is 10.1. The van der Waals surface area contributed by atoms with Gasteiger partial charge in [-0.2, -0.15) is 9.78 Å². The molecule has 0 radical (unpaired) electrons. The molecule has 6 heteroatoms. The zero-order chi connectivity index (χ0) is 21.6. The summed E-state index contributed by atoms with van der Waals surface area (Å²) in [6.07, 6.45) is 0.919. The topological polar surface area (TPSA) is 70.4 Å². The summed E-state index contributed by atoms with van der Waals surface area (Å²) in [5.41, 5.74) is 1.55. The molecule has 0 N–H and O–H groups in total. The maximum Gasteiger partial charge on any atom is 0.359 e. The number of benzene rings is 3. The Hall–Kier alpha value is -3.93. The summed E-state index contributed by atoms with van der Waals surface area (Å²) < 4.78 is 12.3. The van der Waals surface area contributed by atoms with Crippen molar-refractivity contribution in [3.05, 3.63) is 100 Å². The molecule has 4 aromatic rings. The van der Waals surface area contributed by atoms with Crippen LogP contribution in [0.1, 0.15) is 23.0 Å². The maximum atomic E-state index is 12.9. The summed E-state index contributed by atoms with van der Waals surface area (Å²) >= 11 is 0. The number of aromatic nitrogens is 2. The van der Waals surface area contributed by atoms with Crippen molar-refractivity contribution in [3.63, 3.8) is 0 Å². The average molecular weight is 414 g/mol. The molecular weight excluding hydrogens is 392 g/mol. The molecule has 6 nitrogen and oxygen atoms in total. The summed E-state index contributed by atoms with van der Waals surface area (Å²) in [7, 11) is 0. The van der Waals surface area contributed by atoms with Gasteiger partial charge in [-0.15, -0.1) is 0 Å². The molecule has 1 aromatic heterocycles. The second-order valence-corrected chi connectivity index (χ2v) is 6.93. The molecule has 4 rings (SSSR count). The molecule has 0 aliphatic rings. The first-order valence-electron chi connectivity index (χ1n) is 10.1. The molecule has 0 saturated heterocycles. The van der Waals surface area contributed by atoms with E-state index >= 15 is 0 Å². The van der Waals surface area contributed by atoms with E-state index in [2.05, 4.69) is 12.0 Å². The van der Waals surface area contributed by atoms with Crippen LogP contribution >= 0.6 is 0 Å². The number of esters is 1. The maximum absolute atomic E-state index is 12.9. The first kappa shape index (κ1) is 20.3. The number of rotatable bonds is 7. The van der Waals surface area contributed by atoms with Gasteiger partial charge in [0.1, 0.15) is 19.0 Å². The summed E-state index contributed by atoms with van der Waals surface area (Å²) in [6.45, 7) is 2.36. The highest BCUT2D eigenvalue weighted by Gasteiger charge is 2.18. The molecule has 1 heterocycles. The van der Waals surface area contributed by atoms with Crippen LogP contribution in [-0.4, -0.2) is 29.0 Å². The molecule has 0 spiro atoms. The van der Waals surface area contributed by atoms with Gasteiger partial charge in [-0.1, -0.05) is 55.5 Å². The van der Waals surface area contributed by atoms with Crippen LogP contribution in [0, 0.1) is 0 Å². The minimum atomic E-state index is -0.605. The molecular formula is C25H22N2O4. The van der Waals surface area contributed by atoms with E-state index in [9.17, 15) is 9.59 Å². The van der Waals surface area contributed by atoms with Crippen LogP contribution in [0.4, 0.5) is 0 Å². The van der Waals surface area contributed by atoms with E-state index in [-0.39, 0.29) is 24.5 Å². The minimum Gasteiger partial charge on any atom is -0.490 e. The van der Waals surface area contributed by atoms with Crippen LogP contribution in [0.2, 0.25) is 0 Å². The third-order valence-electron chi connectivity index (χ3n) is 4.89. The van der Waals surface area contributed by atoms with Crippen molar-refractivity contribution in [2.24, 2.45) is 0 Å². The van der Waals surface area contributed by atoms with Crippen LogP contribution in [0.5, 0.6) is 5.75 Å². The number of hydrogen-bond acceptors (Lipinski definition) is 5. The highest BCUT2D eigenvalue weighted by atomic mass is 16.6. The highest BCUT2D eigenvalue weighted by Crippen LogP contribution is 2.17. The van der Waals surface area contributed by atoms with E-state index in [1.807, 2.05) is 42.5 Å². The summed E-state index contributed by atoms with van der Waals surface area (Å²) in [6, 6.07) is 23.7. The highest BCUT2D eigenvalue weighted by molar-refractivity contribution is 6.02. The molecule has 0 unspecified atom stereocenters. The quantitative estimate of drug-likeness (QED) is 0.335. The van der Waals surface area contributed by atoms with Gasteiger partial charge in [0.05, 0.1) is 11.1 Å². The van der Waals surface area contributed by atoms with E-state index in [1.54, 1.807) is 36.4 Å². The molecule has 156 valence electrons. The number of fused-ring (bicyclic) bond motifs is 1. The van der Waals surface area contributed by atoms with Crippen LogP contribution in [0.3, 0.4) is 0 Å². The van der Waals surface area contributed by atoms with Gasteiger partial charge >= 0.3 is 5.97 Å². The van der Waals surface area contributed by atoms with Gasteiger partial charge in [0.2, 0.25) is 0 Å². The van der Waals surface area contributed by atoms with Gasteiger partial charge in [-0.25, -0.2) is 4.79 Å². The zero-order valence-electron chi connectivity index (χ0n) is 17.2. The van der Waals surface area contributed by atoms with E-state index < -0.39 is 5.97 Å². The molecule has 0 aliphatic carbocycles. The summed E-state index contributed by atoms with van der Waals surface area (Å²) in [5.74, 6) is 0.128. The zero-order valence-corrected chi connectivity index (χ0v) is 17.2. The lowest BCUT2D eigenvalue weighted by molar-refractivity contribution is 0.0444. The van der Waals surface area contributed by atoms with E-state index in [4.69, 9.17) is 9.47 Å². The number of carbonyl (C=O) groups is 1. The Morgan fingerprint density at radius 1 is 0.903 bits per heavy atom. The molecule has 0 amide bonds. The predicted molar refractivity (Wildman–Crippen MR) is 119 cm³/mol. The largest absolute Gasteiger partial charge is 0.490 e. The lowest BCUT2D eigenvalue weighted by Crippen LogP contribution is -2.25. The van der Waals surface area contributed by atoms with Crippen molar-refractivity contribution in [2.45, 2.75) is 13.3 Å². The Labute approximate surface area is 179 Å². The lowest BCUT2D eigenvalue weighted by Gasteiger charge is -2.11. The first-order chi connectivity index (χ1) is 15.2. The van der Waals surface area contributed by atoms with Crippen LogP contribution in [0.25, 0.3) is 16.5 Å². The second-order valence-electron chi connectivity index (χ2n) is 6.93. The molecule has 31 heavy (non-hydrogen) atoms. The standard InChI is InChI=1S/C25H22N2O4/c1-2-18-9-8-12-20(17-18)30-15-16-31-25(29)23-21-13-6-7-14-22(21)24(28)27(26-23)19-10-4-3-5-11-19/h3-14,17H,2,15-16H2,1H3. The molecule has 0 atom stereocenters. The number of para-hydroxylation sites is 1. The van der Waals surface area contributed by atoms with E-state index in [0.717, 1.165) is 12.2 Å². The lowest BCUT2D eigenvalue weighted by atomic mass is 10.1. The van der Waals surface area contributed by atoms with Crippen LogP contribution in [-0.2, 0) is 11.2 Å². The van der Waals surface area contributed by atoms with Crippen molar-refractivity contribution in [3.8, 4) is 11.4 Å². The molecule has 0 fully saturated rings. The van der Waals surface area contributed by atoms with Crippen molar-refractivity contribution in [1.82, 2.24) is 9.78 Å². The number of carbonyl (C=O) groups excluding carboxylic acids is 1. The van der Waals surface area contributed by atoms with Crippen molar-refractivity contribution in [1.29, 1.82) is 0 Å². The van der Waals surface area contributed by atoms with E-state index in [1.165, 1.54) is 10.2 Å². The Balaban J connectivity index is 1.54.